The Morgan fingerprint density at radius 1 is 1.03 bits per heavy atom. The molecule has 0 aliphatic carbocycles. The standard InChI is InChI=1S/C23H19F5N4O3/c1-12-8-15(24)3-7-19(12)35-20-6-2-14(23(26,27)28)10-17(20)21(33)31-16-4-5-18(25)13(9-16)11-34-32-22(29)30/h2-10H,11H2,1H3,(H,31,33)(H4,29,30,32). The third kappa shape index (κ3) is 6.67. The first-order valence-electron chi connectivity index (χ1n) is 9.91. The number of hydrogen-bond donors (Lipinski definition) is 4. The van der Waals surface area contributed by atoms with E-state index in [0.717, 1.165) is 24.3 Å². The molecule has 1 amide bonds. The first-order valence-corrected chi connectivity index (χ1v) is 9.91. The summed E-state index contributed by atoms with van der Waals surface area (Å²) in [5.41, 5.74) is 5.94. The Kier molecular flexibility index (Phi) is 7.55. The average Bonchev–Trinajstić information content (AvgIpc) is 2.77. The van der Waals surface area contributed by atoms with Crippen molar-refractivity contribution in [1.82, 2.24) is 5.48 Å². The van der Waals surface area contributed by atoms with Crippen molar-refractivity contribution in [1.29, 1.82) is 5.41 Å². The minimum atomic E-state index is -4.73. The SMILES string of the molecule is Cc1cc(F)ccc1Oc1ccc(C(F)(F)F)cc1C(=O)Nc1ccc(F)c(CONC(=N)N)c1. The third-order valence-electron chi connectivity index (χ3n) is 4.62. The van der Waals surface area contributed by atoms with Gasteiger partial charge in [-0.1, -0.05) is 0 Å². The summed E-state index contributed by atoms with van der Waals surface area (Å²) in [6.07, 6.45) is -4.73. The lowest BCUT2D eigenvalue weighted by atomic mass is 10.1. The minimum absolute atomic E-state index is 0.0287. The van der Waals surface area contributed by atoms with Gasteiger partial charge in [0.1, 0.15) is 29.7 Å². The molecule has 35 heavy (non-hydrogen) atoms. The molecule has 0 heterocycles. The third-order valence-corrected chi connectivity index (χ3v) is 4.62. The number of hydroxylamine groups is 1. The highest BCUT2D eigenvalue weighted by atomic mass is 19.4. The molecule has 0 aliphatic heterocycles. The van der Waals surface area contributed by atoms with Gasteiger partial charge in [0, 0.05) is 11.3 Å². The highest BCUT2D eigenvalue weighted by molar-refractivity contribution is 6.06. The normalized spacial score (nSPS) is 11.1. The van der Waals surface area contributed by atoms with Gasteiger partial charge in [-0.05, 0) is 67.1 Å². The van der Waals surface area contributed by atoms with Crippen LogP contribution in [0.4, 0.5) is 27.6 Å². The van der Waals surface area contributed by atoms with Gasteiger partial charge < -0.3 is 15.8 Å². The van der Waals surface area contributed by atoms with Crippen LogP contribution in [-0.4, -0.2) is 11.9 Å². The highest BCUT2D eigenvalue weighted by Crippen LogP contribution is 2.35. The van der Waals surface area contributed by atoms with E-state index in [4.69, 9.17) is 20.7 Å². The van der Waals surface area contributed by atoms with E-state index in [9.17, 15) is 26.7 Å². The van der Waals surface area contributed by atoms with Crippen molar-refractivity contribution in [3.8, 4) is 11.5 Å². The van der Waals surface area contributed by atoms with Crippen LogP contribution in [0, 0.1) is 24.0 Å². The quantitative estimate of drug-likeness (QED) is 0.155. The van der Waals surface area contributed by atoms with E-state index in [1.54, 1.807) is 0 Å². The molecule has 3 aromatic carbocycles. The number of ether oxygens (including phenoxy) is 1. The lowest BCUT2D eigenvalue weighted by Crippen LogP contribution is -2.30. The Labute approximate surface area is 196 Å². The molecule has 0 saturated heterocycles. The van der Waals surface area contributed by atoms with Crippen molar-refractivity contribution in [3.63, 3.8) is 0 Å². The Hall–Kier alpha value is -4.19. The van der Waals surface area contributed by atoms with Gasteiger partial charge in [0.2, 0.25) is 5.96 Å². The number of carbonyl (C=O) groups is 1. The smallest absolute Gasteiger partial charge is 0.416 e. The number of hydrogen-bond acceptors (Lipinski definition) is 4. The predicted molar refractivity (Wildman–Crippen MR) is 117 cm³/mol. The monoisotopic (exact) mass is 494 g/mol. The molecule has 0 spiro atoms. The molecule has 0 fully saturated rings. The van der Waals surface area contributed by atoms with Crippen LogP contribution < -0.4 is 21.3 Å². The molecule has 0 atom stereocenters. The van der Waals surface area contributed by atoms with Crippen LogP contribution in [0.3, 0.4) is 0 Å². The van der Waals surface area contributed by atoms with E-state index in [-0.39, 0.29) is 29.4 Å². The summed E-state index contributed by atoms with van der Waals surface area (Å²) in [7, 11) is 0. The molecule has 0 aliphatic rings. The molecule has 3 aromatic rings. The number of carbonyl (C=O) groups excluding carboxylic acids is 1. The second-order valence-corrected chi connectivity index (χ2v) is 7.29. The van der Waals surface area contributed by atoms with Gasteiger partial charge in [-0.3, -0.25) is 15.0 Å². The van der Waals surface area contributed by atoms with Crippen molar-refractivity contribution in [2.75, 3.05) is 5.32 Å². The van der Waals surface area contributed by atoms with Crippen LogP contribution >= 0.6 is 0 Å². The summed E-state index contributed by atoms with van der Waals surface area (Å²) in [6.45, 7) is 1.17. The van der Waals surface area contributed by atoms with Crippen molar-refractivity contribution in [2.24, 2.45) is 5.73 Å². The second-order valence-electron chi connectivity index (χ2n) is 7.29. The van der Waals surface area contributed by atoms with Crippen molar-refractivity contribution in [2.45, 2.75) is 19.7 Å². The summed E-state index contributed by atoms with van der Waals surface area (Å²) in [5.74, 6) is -2.77. The number of benzene rings is 3. The fraction of sp³-hybridized carbons (Fsp3) is 0.130. The van der Waals surface area contributed by atoms with E-state index in [0.29, 0.717) is 11.6 Å². The van der Waals surface area contributed by atoms with E-state index in [1.165, 1.54) is 31.2 Å². The van der Waals surface area contributed by atoms with Crippen LogP contribution in [-0.2, 0) is 17.6 Å². The fourth-order valence-corrected chi connectivity index (χ4v) is 2.97. The zero-order valence-electron chi connectivity index (χ0n) is 18.1. The maximum atomic E-state index is 14.0. The minimum Gasteiger partial charge on any atom is -0.456 e. The number of nitrogens with two attached hydrogens (primary N) is 1. The number of guanidine groups is 1. The van der Waals surface area contributed by atoms with Crippen molar-refractivity contribution < 1.29 is 36.3 Å². The number of aryl methyl sites for hydroxylation is 1. The summed E-state index contributed by atoms with van der Waals surface area (Å²) < 4.78 is 73.0. The Bertz CT molecular complexity index is 1260. The van der Waals surface area contributed by atoms with Gasteiger partial charge in [0.25, 0.3) is 5.91 Å². The molecule has 184 valence electrons. The van der Waals surface area contributed by atoms with Crippen molar-refractivity contribution in [3.05, 3.63) is 88.5 Å². The van der Waals surface area contributed by atoms with Gasteiger partial charge in [0.05, 0.1) is 11.1 Å². The predicted octanol–water partition coefficient (Wildman–Crippen LogP) is 5.25. The average molecular weight is 494 g/mol. The van der Waals surface area contributed by atoms with Gasteiger partial charge in [0.15, 0.2) is 0 Å². The highest BCUT2D eigenvalue weighted by Gasteiger charge is 2.32. The summed E-state index contributed by atoms with van der Waals surface area (Å²) >= 11 is 0. The molecular weight excluding hydrogens is 475 g/mol. The number of rotatable bonds is 7. The molecule has 7 nitrogen and oxygen atoms in total. The number of amides is 1. The zero-order chi connectivity index (χ0) is 25.8. The molecule has 0 aromatic heterocycles. The number of nitrogens with one attached hydrogen (secondary N) is 3. The molecular formula is C23H19F5N4O3. The summed E-state index contributed by atoms with van der Waals surface area (Å²) in [5, 5.41) is 9.41. The first kappa shape index (κ1) is 25.4. The van der Waals surface area contributed by atoms with Crippen LogP contribution in [0.5, 0.6) is 11.5 Å². The molecule has 0 radical (unpaired) electrons. The van der Waals surface area contributed by atoms with Crippen LogP contribution in [0.15, 0.2) is 54.6 Å². The maximum absolute atomic E-state index is 14.0. The van der Waals surface area contributed by atoms with E-state index < -0.39 is 40.8 Å². The Balaban J connectivity index is 1.91. The second kappa shape index (κ2) is 10.4. The van der Waals surface area contributed by atoms with Crippen LogP contribution in [0.25, 0.3) is 0 Å². The van der Waals surface area contributed by atoms with Crippen LogP contribution in [0.2, 0.25) is 0 Å². The molecule has 0 saturated carbocycles. The Morgan fingerprint density at radius 2 is 1.74 bits per heavy atom. The Morgan fingerprint density at radius 3 is 2.40 bits per heavy atom. The molecule has 3 rings (SSSR count). The van der Waals surface area contributed by atoms with Gasteiger partial charge >= 0.3 is 6.18 Å². The zero-order valence-corrected chi connectivity index (χ0v) is 18.1. The van der Waals surface area contributed by atoms with Crippen LogP contribution in [0.1, 0.15) is 27.0 Å². The number of anilines is 1. The molecule has 0 bridgehead atoms. The van der Waals surface area contributed by atoms with Gasteiger partial charge in [-0.25, -0.2) is 14.3 Å². The van der Waals surface area contributed by atoms with E-state index in [1.807, 2.05) is 5.48 Å². The first-order chi connectivity index (χ1) is 16.4. The summed E-state index contributed by atoms with van der Waals surface area (Å²) in [4.78, 5) is 17.8. The largest absolute Gasteiger partial charge is 0.456 e. The molecule has 5 N–H and O–H groups in total. The number of alkyl halides is 3. The molecule has 12 heteroatoms. The maximum Gasteiger partial charge on any atom is 0.416 e. The topological polar surface area (TPSA) is 109 Å². The lowest BCUT2D eigenvalue weighted by Gasteiger charge is -2.16. The number of halogens is 5. The van der Waals surface area contributed by atoms with Gasteiger partial charge in [-0.2, -0.15) is 13.2 Å². The van der Waals surface area contributed by atoms with E-state index in [2.05, 4.69) is 5.32 Å². The van der Waals surface area contributed by atoms with Crippen molar-refractivity contribution >= 4 is 17.6 Å². The summed E-state index contributed by atoms with van der Waals surface area (Å²) in [6, 6.07) is 9.34. The fourth-order valence-electron chi connectivity index (χ4n) is 2.97. The van der Waals surface area contributed by atoms with Gasteiger partial charge in [-0.15, -0.1) is 0 Å². The molecule has 0 unspecified atom stereocenters. The lowest BCUT2D eigenvalue weighted by molar-refractivity contribution is -0.137. The van der Waals surface area contributed by atoms with E-state index >= 15 is 0 Å².